The van der Waals surface area contributed by atoms with E-state index in [0.29, 0.717) is 30.1 Å². The summed E-state index contributed by atoms with van der Waals surface area (Å²) in [7, 11) is 0. The van der Waals surface area contributed by atoms with E-state index in [4.69, 9.17) is 16.0 Å². The standard InChI is InChI=1S/C20H17ClN2O3/c21-15-5-7-16(8-6-15)23-12-13(9-19(23)24)11-22-20(25)18-10-14-3-1-2-4-17(14)26-18/h1-8,10,13H,9,11-12H2,(H,22,25). The molecule has 3 aromatic rings. The molecule has 2 heterocycles. The molecule has 0 spiro atoms. The molecular weight excluding hydrogens is 352 g/mol. The third-order valence-electron chi connectivity index (χ3n) is 4.54. The van der Waals surface area contributed by atoms with Crippen LogP contribution in [0.15, 0.2) is 59.0 Å². The maximum atomic E-state index is 12.3. The second-order valence-electron chi connectivity index (χ2n) is 6.41. The number of halogens is 1. The molecule has 1 unspecified atom stereocenters. The molecule has 4 rings (SSSR count). The molecule has 1 aliphatic rings. The molecule has 1 fully saturated rings. The number of nitrogens with zero attached hydrogens (tertiary/aromatic N) is 1. The normalized spacial score (nSPS) is 17.0. The summed E-state index contributed by atoms with van der Waals surface area (Å²) in [6.45, 7) is 0.993. The van der Waals surface area contributed by atoms with Gasteiger partial charge >= 0.3 is 0 Å². The molecule has 6 heteroatoms. The van der Waals surface area contributed by atoms with Crippen molar-refractivity contribution in [3.05, 3.63) is 65.4 Å². The summed E-state index contributed by atoms with van der Waals surface area (Å²) >= 11 is 5.90. The van der Waals surface area contributed by atoms with Crippen molar-refractivity contribution in [2.75, 3.05) is 18.0 Å². The maximum absolute atomic E-state index is 12.3. The number of fused-ring (bicyclic) bond motifs is 1. The van der Waals surface area contributed by atoms with Crippen molar-refractivity contribution in [2.45, 2.75) is 6.42 Å². The summed E-state index contributed by atoms with van der Waals surface area (Å²) in [4.78, 5) is 26.3. The van der Waals surface area contributed by atoms with E-state index in [9.17, 15) is 9.59 Å². The van der Waals surface area contributed by atoms with Gasteiger partial charge in [0.25, 0.3) is 5.91 Å². The molecule has 1 N–H and O–H groups in total. The average Bonchev–Trinajstić information content (AvgIpc) is 3.24. The lowest BCUT2D eigenvalue weighted by atomic mass is 10.1. The van der Waals surface area contributed by atoms with Crippen molar-refractivity contribution in [1.82, 2.24) is 5.32 Å². The van der Waals surface area contributed by atoms with E-state index in [0.717, 1.165) is 11.1 Å². The number of hydrogen-bond acceptors (Lipinski definition) is 3. The van der Waals surface area contributed by atoms with Gasteiger partial charge in [-0.05, 0) is 36.4 Å². The van der Waals surface area contributed by atoms with Gasteiger partial charge in [0.05, 0.1) is 0 Å². The minimum Gasteiger partial charge on any atom is -0.451 e. The van der Waals surface area contributed by atoms with Crippen molar-refractivity contribution in [3.63, 3.8) is 0 Å². The van der Waals surface area contributed by atoms with E-state index < -0.39 is 0 Å². The Morgan fingerprint density at radius 1 is 1.19 bits per heavy atom. The van der Waals surface area contributed by atoms with Gasteiger partial charge in [0, 0.05) is 41.5 Å². The van der Waals surface area contributed by atoms with Crippen molar-refractivity contribution < 1.29 is 14.0 Å². The fourth-order valence-corrected chi connectivity index (χ4v) is 3.33. The van der Waals surface area contributed by atoms with Gasteiger partial charge in [-0.2, -0.15) is 0 Å². The molecule has 0 aliphatic carbocycles. The van der Waals surface area contributed by atoms with Crippen LogP contribution in [0.1, 0.15) is 17.0 Å². The van der Waals surface area contributed by atoms with Crippen LogP contribution in [-0.4, -0.2) is 24.9 Å². The number of benzene rings is 2. The highest BCUT2D eigenvalue weighted by molar-refractivity contribution is 6.30. The predicted molar refractivity (Wildman–Crippen MR) is 100 cm³/mol. The minimum atomic E-state index is -0.265. The molecule has 0 radical (unpaired) electrons. The van der Waals surface area contributed by atoms with E-state index in [-0.39, 0.29) is 23.5 Å². The molecule has 26 heavy (non-hydrogen) atoms. The van der Waals surface area contributed by atoms with Crippen molar-refractivity contribution >= 4 is 40.1 Å². The van der Waals surface area contributed by atoms with Crippen LogP contribution < -0.4 is 10.2 Å². The lowest BCUT2D eigenvalue weighted by Gasteiger charge is -2.17. The second-order valence-corrected chi connectivity index (χ2v) is 6.85. The van der Waals surface area contributed by atoms with Crippen LogP contribution >= 0.6 is 11.6 Å². The highest BCUT2D eigenvalue weighted by Gasteiger charge is 2.31. The van der Waals surface area contributed by atoms with Crippen LogP contribution in [0.4, 0.5) is 5.69 Å². The van der Waals surface area contributed by atoms with E-state index in [1.165, 1.54) is 0 Å². The molecule has 132 valence electrons. The molecule has 0 bridgehead atoms. The van der Waals surface area contributed by atoms with Gasteiger partial charge in [-0.1, -0.05) is 29.8 Å². The van der Waals surface area contributed by atoms with Crippen LogP contribution in [-0.2, 0) is 4.79 Å². The highest BCUT2D eigenvalue weighted by Crippen LogP contribution is 2.26. The molecule has 1 aromatic heterocycles. The zero-order valence-corrected chi connectivity index (χ0v) is 14.7. The largest absolute Gasteiger partial charge is 0.451 e. The van der Waals surface area contributed by atoms with Gasteiger partial charge < -0.3 is 14.6 Å². The van der Waals surface area contributed by atoms with Crippen LogP contribution in [0.2, 0.25) is 5.02 Å². The molecule has 1 atom stereocenters. The summed E-state index contributed by atoms with van der Waals surface area (Å²) < 4.78 is 5.57. The Kier molecular flexibility index (Phi) is 4.39. The Hall–Kier alpha value is -2.79. The first kappa shape index (κ1) is 16.7. The lowest BCUT2D eigenvalue weighted by Crippen LogP contribution is -2.31. The molecule has 1 aliphatic heterocycles. The number of amides is 2. The minimum absolute atomic E-state index is 0.0512. The molecule has 5 nitrogen and oxygen atoms in total. The first-order valence-corrected chi connectivity index (χ1v) is 8.80. The Morgan fingerprint density at radius 2 is 1.96 bits per heavy atom. The van der Waals surface area contributed by atoms with Crippen LogP contribution in [0, 0.1) is 5.92 Å². The summed E-state index contributed by atoms with van der Waals surface area (Å²) in [6.07, 6.45) is 0.406. The summed E-state index contributed by atoms with van der Waals surface area (Å²) in [5.41, 5.74) is 1.51. The van der Waals surface area contributed by atoms with Crippen molar-refractivity contribution in [1.29, 1.82) is 0 Å². The number of para-hydroxylation sites is 1. The number of carbonyl (C=O) groups is 2. The van der Waals surface area contributed by atoms with Crippen molar-refractivity contribution in [3.8, 4) is 0 Å². The van der Waals surface area contributed by atoms with Gasteiger partial charge in [-0.15, -0.1) is 0 Å². The predicted octanol–water partition coefficient (Wildman–Crippen LogP) is 3.87. The molecule has 2 amide bonds. The Balaban J connectivity index is 1.38. The van der Waals surface area contributed by atoms with Crippen LogP contribution in [0.5, 0.6) is 0 Å². The maximum Gasteiger partial charge on any atom is 0.287 e. The summed E-state index contributed by atoms with van der Waals surface area (Å²) in [5, 5.41) is 4.40. The number of anilines is 1. The first-order chi connectivity index (χ1) is 12.6. The zero-order valence-electron chi connectivity index (χ0n) is 13.9. The monoisotopic (exact) mass is 368 g/mol. The Bertz CT molecular complexity index is 932. The van der Waals surface area contributed by atoms with Gasteiger partial charge in [0.1, 0.15) is 5.58 Å². The summed E-state index contributed by atoms with van der Waals surface area (Å²) in [5.74, 6) is 0.130. The number of furan rings is 1. The smallest absolute Gasteiger partial charge is 0.287 e. The average molecular weight is 369 g/mol. The third-order valence-corrected chi connectivity index (χ3v) is 4.80. The zero-order chi connectivity index (χ0) is 18.1. The molecule has 0 saturated carbocycles. The first-order valence-electron chi connectivity index (χ1n) is 8.43. The van der Waals surface area contributed by atoms with E-state index in [2.05, 4.69) is 5.32 Å². The van der Waals surface area contributed by atoms with Gasteiger partial charge in [0.2, 0.25) is 5.91 Å². The SMILES string of the molecule is O=C(NCC1CC(=O)N(c2ccc(Cl)cc2)C1)c1cc2ccccc2o1. The number of hydrogen-bond donors (Lipinski definition) is 1. The Morgan fingerprint density at radius 3 is 2.73 bits per heavy atom. The van der Waals surface area contributed by atoms with Gasteiger partial charge in [-0.3, -0.25) is 9.59 Å². The summed E-state index contributed by atoms with van der Waals surface area (Å²) in [6, 6.07) is 16.4. The number of carbonyl (C=O) groups excluding carboxylic acids is 2. The van der Waals surface area contributed by atoms with Crippen LogP contribution in [0.3, 0.4) is 0 Å². The topological polar surface area (TPSA) is 62.6 Å². The highest BCUT2D eigenvalue weighted by atomic mass is 35.5. The molecule has 2 aromatic carbocycles. The van der Waals surface area contributed by atoms with Crippen molar-refractivity contribution in [2.24, 2.45) is 5.92 Å². The Labute approximate surface area is 155 Å². The fraction of sp³-hybridized carbons (Fsp3) is 0.200. The number of nitrogens with one attached hydrogen (secondary N) is 1. The van der Waals surface area contributed by atoms with E-state index in [1.54, 1.807) is 23.1 Å². The number of rotatable bonds is 4. The van der Waals surface area contributed by atoms with E-state index >= 15 is 0 Å². The van der Waals surface area contributed by atoms with Gasteiger partial charge in [-0.25, -0.2) is 0 Å². The molecule has 1 saturated heterocycles. The molecular formula is C20H17ClN2O3. The third kappa shape index (κ3) is 3.30. The van der Waals surface area contributed by atoms with Crippen LogP contribution in [0.25, 0.3) is 11.0 Å². The van der Waals surface area contributed by atoms with E-state index in [1.807, 2.05) is 36.4 Å². The fourth-order valence-electron chi connectivity index (χ4n) is 3.21. The second kappa shape index (κ2) is 6.84. The van der Waals surface area contributed by atoms with Gasteiger partial charge in [0.15, 0.2) is 5.76 Å². The lowest BCUT2D eigenvalue weighted by molar-refractivity contribution is -0.117. The quantitative estimate of drug-likeness (QED) is 0.760.